The molecule has 1 heterocycles. The van der Waals surface area contributed by atoms with E-state index >= 15 is 0 Å². The fourth-order valence-corrected chi connectivity index (χ4v) is 3.81. The molecule has 3 heteroatoms. The molecule has 3 nitrogen and oxygen atoms in total. The highest BCUT2D eigenvalue weighted by atomic mass is 16.6. The predicted molar refractivity (Wildman–Crippen MR) is 98.4 cm³/mol. The molecular weight excluding hydrogens is 312 g/mol. The number of ether oxygens (including phenoxy) is 3. The van der Waals surface area contributed by atoms with Crippen LogP contribution in [0.25, 0.3) is 0 Å². The van der Waals surface area contributed by atoms with Crippen molar-refractivity contribution in [2.45, 2.75) is 50.7 Å². The molecule has 2 aromatic rings. The van der Waals surface area contributed by atoms with Gasteiger partial charge in [-0.05, 0) is 47.6 Å². The molecule has 0 spiro atoms. The zero-order valence-corrected chi connectivity index (χ0v) is 14.9. The highest BCUT2D eigenvalue weighted by Crippen LogP contribution is 2.41. The molecule has 0 aromatic heterocycles. The predicted octanol–water partition coefficient (Wildman–Crippen LogP) is 4.87. The van der Waals surface area contributed by atoms with Crippen LogP contribution in [0.5, 0.6) is 11.5 Å². The second-order valence-corrected chi connectivity index (χ2v) is 7.11. The van der Waals surface area contributed by atoms with Crippen molar-refractivity contribution in [3.8, 4) is 11.5 Å². The molecule has 4 rings (SSSR count). The molecule has 1 aliphatic heterocycles. The molecular formula is C22H26O3. The van der Waals surface area contributed by atoms with Crippen LogP contribution in [0, 0.1) is 0 Å². The minimum atomic E-state index is 0.377. The molecule has 1 atom stereocenters. The van der Waals surface area contributed by atoms with Gasteiger partial charge in [0, 0.05) is 6.42 Å². The maximum Gasteiger partial charge on any atom is 0.126 e. The molecule has 2 fully saturated rings. The van der Waals surface area contributed by atoms with E-state index < -0.39 is 0 Å². The second kappa shape index (κ2) is 7.49. The first-order chi connectivity index (χ1) is 12.3. The quantitative estimate of drug-likeness (QED) is 0.675. The molecule has 132 valence electrons. The average molecular weight is 338 g/mol. The van der Waals surface area contributed by atoms with Gasteiger partial charge in [-0.1, -0.05) is 43.2 Å². The summed E-state index contributed by atoms with van der Waals surface area (Å²) in [6.07, 6.45) is 6.56. The Hall–Kier alpha value is -2.00. The van der Waals surface area contributed by atoms with Crippen LogP contribution in [-0.2, 0) is 17.8 Å². The van der Waals surface area contributed by atoms with Crippen LogP contribution >= 0.6 is 0 Å². The van der Waals surface area contributed by atoms with Crippen molar-refractivity contribution in [1.82, 2.24) is 0 Å². The van der Waals surface area contributed by atoms with E-state index in [4.69, 9.17) is 14.2 Å². The minimum Gasteiger partial charge on any atom is -0.497 e. The summed E-state index contributed by atoms with van der Waals surface area (Å²) >= 11 is 0. The van der Waals surface area contributed by atoms with Crippen LogP contribution in [-0.4, -0.2) is 19.8 Å². The van der Waals surface area contributed by atoms with Gasteiger partial charge in [-0.2, -0.15) is 0 Å². The maximum absolute atomic E-state index is 6.37. The number of para-hydroxylation sites is 1. The van der Waals surface area contributed by atoms with Gasteiger partial charge in [-0.15, -0.1) is 0 Å². The van der Waals surface area contributed by atoms with Gasteiger partial charge in [-0.3, -0.25) is 0 Å². The summed E-state index contributed by atoms with van der Waals surface area (Å²) in [4.78, 5) is 0. The zero-order chi connectivity index (χ0) is 17.1. The normalized spacial score (nSPS) is 19.8. The zero-order valence-electron chi connectivity index (χ0n) is 14.9. The third-order valence-electron chi connectivity index (χ3n) is 5.31. The topological polar surface area (TPSA) is 31.0 Å². The highest BCUT2D eigenvalue weighted by Gasteiger charge is 2.27. The summed E-state index contributed by atoms with van der Waals surface area (Å²) in [5, 5.41) is 0. The van der Waals surface area contributed by atoms with E-state index in [0.29, 0.717) is 18.6 Å². The van der Waals surface area contributed by atoms with Crippen LogP contribution < -0.4 is 9.47 Å². The van der Waals surface area contributed by atoms with Gasteiger partial charge in [0.25, 0.3) is 0 Å². The Labute approximate surface area is 149 Å². The summed E-state index contributed by atoms with van der Waals surface area (Å²) in [5.74, 6) is 2.62. The molecule has 1 aliphatic carbocycles. The van der Waals surface area contributed by atoms with Crippen molar-refractivity contribution < 1.29 is 14.2 Å². The summed E-state index contributed by atoms with van der Waals surface area (Å²) in [5.41, 5.74) is 3.85. The first kappa shape index (κ1) is 16.5. The largest absolute Gasteiger partial charge is 0.497 e. The average Bonchev–Trinajstić information content (AvgIpc) is 3.30. The van der Waals surface area contributed by atoms with E-state index in [9.17, 15) is 0 Å². The number of benzene rings is 2. The summed E-state index contributed by atoms with van der Waals surface area (Å²) in [7, 11) is 1.69. The lowest BCUT2D eigenvalue weighted by Crippen LogP contribution is -2.06. The van der Waals surface area contributed by atoms with Crippen molar-refractivity contribution >= 4 is 0 Å². The molecule has 0 radical (unpaired) electrons. The smallest absolute Gasteiger partial charge is 0.126 e. The number of epoxide rings is 1. The third kappa shape index (κ3) is 3.98. The monoisotopic (exact) mass is 338 g/mol. The van der Waals surface area contributed by atoms with Crippen LogP contribution in [0.1, 0.15) is 48.3 Å². The van der Waals surface area contributed by atoms with E-state index in [0.717, 1.165) is 30.1 Å². The minimum absolute atomic E-state index is 0.377. The number of methoxy groups -OCH3 is 1. The van der Waals surface area contributed by atoms with Gasteiger partial charge in [0.15, 0.2) is 0 Å². The molecule has 0 amide bonds. The summed E-state index contributed by atoms with van der Waals surface area (Å²) in [6, 6.07) is 14.8. The van der Waals surface area contributed by atoms with E-state index in [1.807, 2.05) is 12.1 Å². The summed E-state index contributed by atoms with van der Waals surface area (Å²) in [6.45, 7) is 1.47. The van der Waals surface area contributed by atoms with Crippen molar-refractivity contribution in [3.05, 3.63) is 59.2 Å². The molecule has 0 N–H and O–H groups in total. The van der Waals surface area contributed by atoms with E-state index in [2.05, 4.69) is 30.3 Å². The SMILES string of the molecule is COc1ccc(COc2c(CC3CO3)cccc2C2CCCC2)cc1. The lowest BCUT2D eigenvalue weighted by molar-refractivity contribution is 0.295. The molecule has 2 aliphatic rings. The van der Waals surface area contributed by atoms with Crippen molar-refractivity contribution in [2.75, 3.05) is 13.7 Å². The Morgan fingerprint density at radius 2 is 1.80 bits per heavy atom. The molecule has 0 bridgehead atoms. The van der Waals surface area contributed by atoms with Gasteiger partial charge in [0.05, 0.1) is 19.8 Å². The van der Waals surface area contributed by atoms with Gasteiger partial charge < -0.3 is 14.2 Å². The van der Waals surface area contributed by atoms with Gasteiger partial charge >= 0.3 is 0 Å². The van der Waals surface area contributed by atoms with Crippen LogP contribution in [0.15, 0.2) is 42.5 Å². The van der Waals surface area contributed by atoms with Gasteiger partial charge in [0.1, 0.15) is 18.1 Å². The highest BCUT2D eigenvalue weighted by molar-refractivity contribution is 5.45. The fraction of sp³-hybridized carbons (Fsp3) is 0.455. The lowest BCUT2D eigenvalue weighted by atomic mass is 9.93. The standard InChI is InChI=1S/C22H26O3/c1-23-19-11-9-16(10-12-19)14-25-22-18(13-20-15-24-20)7-4-8-21(22)17-5-2-3-6-17/h4,7-12,17,20H,2-3,5-6,13-15H2,1H3. The molecule has 2 aromatic carbocycles. The first-order valence-corrected chi connectivity index (χ1v) is 9.32. The van der Waals surface area contributed by atoms with Crippen LogP contribution in [0.4, 0.5) is 0 Å². The van der Waals surface area contributed by atoms with E-state index in [1.165, 1.54) is 36.8 Å². The number of hydrogen-bond donors (Lipinski definition) is 0. The molecule has 25 heavy (non-hydrogen) atoms. The molecule has 1 saturated heterocycles. The Morgan fingerprint density at radius 3 is 2.48 bits per heavy atom. The second-order valence-electron chi connectivity index (χ2n) is 7.11. The first-order valence-electron chi connectivity index (χ1n) is 9.32. The van der Waals surface area contributed by atoms with Crippen molar-refractivity contribution in [3.63, 3.8) is 0 Å². The fourth-order valence-electron chi connectivity index (χ4n) is 3.81. The Morgan fingerprint density at radius 1 is 1.04 bits per heavy atom. The lowest BCUT2D eigenvalue weighted by Gasteiger charge is -2.19. The maximum atomic E-state index is 6.37. The van der Waals surface area contributed by atoms with Crippen LogP contribution in [0.3, 0.4) is 0 Å². The third-order valence-corrected chi connectivity index (χ3v) is 5.31. The number of hydrogen-bond acceptors (Lipinski definition) is 3. The Kier molecular flexibility index (Phi) is 4.93. The van der Waals surface area contributed by atoms with E-state index in [1.54, 1.807) is 7.11 Å². The van der Waals surface area contributed by atoms with Gasteiger partial charge in [-0.25, -0.2) is 0 Å². The molecule has 1 unspecified atom stereocenters. The summed E-state index contributed by atoms with van der Waals surface area (Å²) < 4.78 is 17.1. The Bertz CT molecular complexity index is 698. The van der Waals surface area contributed by atoms with Crippen molar-refractivity contribution in [1.29, 1.82) is 0 Å². The van der Waals surface area contributed by atoms with Crippen LogP contribution in [0.2, 0.25) is 0 Å². The number of rotatable bonds is 7. The van der Waals surface area contributed by atoms with E-state index in [-0.39, 0.29) is 0 Å². The van der Waals surface area contributed by atoms with Gasteiger partial charge in [0.2, 0.25) is 0 Å². The molecule has 1 saturated carbocycles. The van der Waals surface area contributed by atoms with Crippen molar-refractivity contribution in [2.24, 2.45) is 0 Å². The Balaban J connectivity index is 1.55.